The maximum Gasteiger partial charge on any atom is 0.169 e. The van der Waals surface area contributed by atoms with E-state index in [2.05, 4.69) is 36.0 Å². The van der Waals surface area contributed by atoms with Gasteiger partial charge in [0.05, 0.1) is 24.4 Å². The van der Waals surface area contributed by atoms with E-state index in [1.165, 1.54) is 6.33 Å². The van der Waals surface area contributed by atoms with Gasteiger partial charge in [-0.3, -0.25) is 0 Å². The van der Waals surface area contributed by atoms with Crippen LogP contribution >= 0.6 is 15.9 Å². The van der Waals surface area contributed by atoms with Crippen molar-refractivity contribution in [1.82, 2.24) is 24.6 Å². The van der Waals surface area contributed by atoms with Crippen LogP contribution in [-0.4, -0.2) is 74.1 Å². The van der Waals surface area contributed by atoms with Gasteiger partial charge in [-0.1, -0.05) is 0 Å². The predicted octanol–water partition coefficient (Wildman–Crippen LogP) is 0.451. The average Bonchev–Trinajstić information content (AvgIpc) is 3.06. The molecule has 1 aliphatic heterocycles. The van der Waals surface area contributed by atoms with Gasteiger partial charge in [0.1, 0.15) is 17.0 Å². The van der Waals surface area contributed by atoms with E-state index in [0.29, 0.717) is 27.9 Å². The minimum atomic E-state index is -0.740. The van der Waals surface area contributed by atoms with Crippen molar-refractivity contribution in [2.24, 2.45) is 4.99 Å². The van der Waals surface area contributed by atoms with Gasteiger partial charge in [-0.25, -0.2) is 19.6 Å². The van der Waals surface area contributed by atoms with Crippen molar-refractivity contribution in [1.29, 1.82) is 0 Å². The third-order valence-electron chi connectivity index (χ3n) is 3.49. The van der Waals surface area contributed by atoms with Crippen LogP contribution in [0.25, 0.3) is 11.0 Å². The Kier molecular flexibility index (Phi) is 4.57. The molecule has 0 saturated carbocycles. The van der Waals surface area contributed by atoms with E-state index in [1.54, 1.807) is 15.9 Å². The van der Waals surface area contributed by atoms with Gasteiger partial charge in [0.15, 0.2) is 17.7 Å². The molecule has 0 aromatic carbocycles. The molecule has 0 spiro atoms. The van der Waals surface area contributed by atoms with Crippen LogP contribution in [0.1, 0.15) is 12.6 Å². The molecule has 23 heavy (non-hydrogen) atoms. The van der Waals surface area contributed by atoms with Crippen LogP contribution in [0.5, 0.6) is 0 Å². The Hall–Kier alpha value is -1.62. The van der Waals surface area contributed by atoms with Gasteiger partial charge in [-0.15, -0.1) is 0 Å². The van der Waals surface area contributed by atoms with Crippen LogP contribution in [0.15, 0.2) is 15.9 Å². The molecule has 3 rings (SSSR count). The number of fused-ring (bicyclic) bond motifs is 1. The zero-order chi connectivity index (χ0) is 16.6. The summed E-state index contributed by atoms with van der Waals surface area (Å²) in [7, 11) is 3.73. The number of aliphatic hydroxyl groups is 2. The van der Waals surface area contributed by atoms with Crippen LogP contribution in [-0.2, 0) is 4.74 Å². The molecule has 1 aliphatic rings. The Morgan fingerprint density at radius 3 is 2.96 bits per heavy atom. The molecule has 10 heteroatoms. The highest BCUT2D eigenvalue weighted by atomic mass is 79.9. The molecular weight excluding hydrogens is 368 g/mol. The summed E-state index contributed by atoms with van der Waals surface area (Å²) in [6.45, 7) is -0.245. The second-order valence-corrected chi connectivity index (χ2v) is 6.21. The van der Waals surface area contributed by atoms with Crippen molar-refractivity contribution in [3.8, 4) is 0 Å². The number of nitrogens with zero attached hydrogens (tertiary/aromatic N) is 6. The van der Waals surface area contributed by atoms with Gasteiger partial charge in [0.25, 0.3) is 0 Å². The fourth-order valence-corrected chi connectivity index (χ4v) is 2.94. The number of hydrogen-bond donors (Lipinski definition) is 2. The molecule has 0 bridgehead atoms. The van der Waals surface area contributed by atoms with E-state index < -0.39 is 18.4 Å². The maximum atomic E-state index is 9.90. The molecular formula is C13H17BrN6O3. The van der Waals surface area contributed by atoms with Crippen LogP contribution in [0, 0.1) is 0 Å². The number of rotatable bonds is 4. The lowest BCUT2D eigenvalue weighted by molar-refractivity contribution is -0.0471. The zero-order valence-electron chi connectivity index (χ0n) is 12.7. The van der Waals surface area contributed by atoms with E-state index >= 15 is 0 Å². The Balaban J connectivity index is 2.02. The average molecular weight is 385 g/mol. The Bertz CT molecular complexity index is 734. The predicted molar refractivity (Wildman–Crippen MR) is 86.5 cm³/mol. The first-order valence-electron chi connectivity index (χ1n) is 7.05. The molecule has 0 unspecified atom stereocenters. The van der Waals surface area contributed by atoms with E-state index in [4.69, 9.17) is 4.74 Å². The number of aliphatic hydroxyl groups excluding tert-OH is 2. The molecule has 124 valence electrons. The fourth-order valence-electron chi connectivity index (χ4n) is 2.41. The van der Waals surface area contributed by atoms with Gasteiger partial charge >= 0.3 is 0 Å². The first-order chi connectivity index (χ1) is 11.0. The summed E-state index contributed by atoms with van der Waals surface area (Å²) in [5.41, 5.74) is 0.550. The third-order valence-corrected chi connectivity index (χ3v) is 4.05. The summed E-state index contributed by atoms with van der Waals surface area (Å²) in [6, 6.07) is 0. The maximum absolute atomic E-state index is 9.90. The molecule has 0 amide bonds. The molecule has 9 nitrogen and oxygen atoms in total. The quantitative estimate of drug-likeness (QED) is 0.581. The van der Waals surface area contributed by atoms with Crippen molar-refractivity contribution in [2.45, 2.75) is 24.9 Å². The fraction of sp³-hybridized carbons (Fsp3) is 0.538. The van der Waals surface area contributed by atoms with Crippen LogP contribution < -0.4 is 0 Å². The first kappa shape index (κ1) is 16.2. The molecule has 3 heterocycles. The number of aromatic nitrogens is 4. The lowest BCUT2D eigenvalue weighted by atomic mass is 10.2. The summed E-state index contributed by atoms with van der Waals surface area (Å²) >= 11 is 3.40. The largest absolute Gasteiger partial charge is 0.394 e. The highest BCUT2D eigenvalue weighted by molar-refractivity contribution is 9.10. The van der Waals surface area contributed by atoms with Crippen molar-refractivity contribution in [3.63, 3.8) is 0 Å². The van der Waals surface area contributed by atoms with Gasteiger partial charge in [-0.05, 0) is 15.9 Å². The number of aliphatic imine (C=N–C) groups is 1. The summed E-state index contributed by atoms with van der Waals surface area (Å²) in [5, 5.41) is 24.2. The Morgan fingerprint density at radius 1 is 1.52 bits per heavy atom. The summed E-state index contributed by atoms with van der Waals surface area (Å²) in [4.78, 5) is 14.6. The smallest absolute Gasteiger partial charge is 0.169 e. The topological polar surface area (TPSA) is 109 Å². The van der Waals surface area contributed by atoms with Crippen LogP contribution in [0.4, 0.5) is 5.82 Å². The lowest BCUT2D eigenvalue weighted by Crippen LogP contribution is -2.24. The van der Waals surface area contributed by atoms with E-state index in [0.717, 1.165) is 0 Å². The normalized spacial score (nSPS) is 24.8. The van der Waals surface area contributed by atoms with Gasteiger partial charge in [-0.2, -0.15) is 5.10 Å². The Morgan fingerprint density at radius 2 is 2.30 bits per heavy atom. The molecule has 2 aromatic heterocycles. The number of ether oxygens (including phenoxy) is 1. The summed E-state index contributed by atoms with van der Waals surface area (Å²) in [6.07, 6.45) is 1.51. The minimum Gasteiger partial charge on any atom is -0.394 e. The monoisotopic (exact) mass is 384 g/mol. The first-order valence-corrected chi connectivity index (χ1v) is 7.84. The second-order valence-electron chi connectivity index (χ2n) is 5.45. The molecule has 2 aromatic rings. The molecule has 3 atom stereocenters. The van der Waals surface area contributed by atoms with E-state index in [1.807, 2.05) is 14.1 Å². The highest BCUT2D eigenvalue weighted by Crippen LogP contribution is 2.35. The van der Waals surface area contributed by atoms with Gasteiger partial charge in [0, 0.05) is 20.5 Å². The molecule has 1 fully saturated rings. The van der Waals surface area contributed by atoms with Gasteiger partial charge < -0.3 is 19.8 Å². The molecule has 0 radical (unpaired) electrons. The van der Waals surface area contributed by atoms with Crippen LogP contribution in [0.3, 0.4) is 0 Å². The highest BCUT2D eigenvalue weighted by Gasteiger charge is 2.36. The van der Waals surface area contributed by atoms with Crippen molar-refractivity contribution in [3.05, 3.63) is 10.9 Å². The van der Waals surface area contributed by atoms with Crippen molar-refractivity contribution in [2.75, 3.05) is 20.7 Å². The van der Waals surface area contributed by atoms with Crippen molar-refractivity contribution >= 4 is 39.1 Å². The van der Waals surface area contributed by atoms with E-state index in [-0.39, 0.29) is 6.61 Å². The summed E-state index contributed by atoms with van der Waals surface area (Å²) in [5.74, 6) is 0.485. The molecule has 2 N–H and O–H groups in total. The Labute approximate surface area is 140 Å². The van der Waals surface area contributed by atoms with Crippen LogP contribution in [0.2, 0.25) is 0 Å². The summed E-state index contributed by atoms with van der Waals surface area (Å²) < 4.78 is 7.76. The number of halogens is 1. The van der Waals surface area contributed by atoms with Crippen molar-refractivity contribution < 1.29 is 14.9 Å². The second kappa shape index (κ2) is 6.48. The van der Waals surface area contributed by atoms with Gasteiger partial charge in [0.2, 0.25) is 0 Å². The molecule has 1 saturated heterocycles. The van der Waals surface area contributed by atoms with E-state index in [9.17, 15) is 10.2 Å². The molecule has 0 aliphatic carbocycles. The third kappa shape index (κ3) is 3.07. The number of hydrogen-bond acceptors (Lipinski definition) is 7. The standard InChI is InChI=1S/C13H17BrN6O3/c1-19(2)6-17-12-10-11(14)18-20(13(10)16-5-15-12)9-3-7(22)8(4-21)23-9/h5-9,21-22H,3-4H2,1-2H3/b17-6+/t7-,8+,9+/m0/s1. The SMILES string of the molecule is CN(C)/C=N/c1ncnc2c1c(Br)nn2[C@H]1C[C@H](O)[C@@H](CO)O1. The lowest BCUT2D eigenvalue weighted by Gasteiger charge is -2.12. The zero-order valence-corrected chi connectivity index (χ0v) is 14.3. The minimum absolute atomic E-state index is 0.245.